The number of hydrogen-bond donors (Lipinski definition) is 1. The van der Waals surface area contributed by atoms with E-state index in [4.69, 9.17) is 4.74 Å². The lowest BCUT2D eigenvalue weighted by Gasteiger charge is -2.11. The quantitative estimate of drug-likeness (QED) is 0.633. The van der Waals surface area contributed by atoms with E-state index >= 15 is 0 Å². The summed E-state index contributed by atoms with van der Waals surface area (Å²) in [7, 11) is 0. The average molecular weight is 262 g/mol. The van der Waals surface area contributed by atoms with Crippen LogP contribution in [0.5, 0.6) is 5.75 Å². The maximum Gasteiger partial charge on any atom is 0.277 e. The Morgan fingerprint density at radius 1 is 1.21 bits per heavy atom. The van der Waals surface area contributed by atoms with Gasteiger partial charge in [0.05, 0.1) is 0 Å². The molecule has 4 nitrogen and oxygen atoms in total. The smallest absolute Gasteiger partial charge is 0.277 e. The number of benzene rings is 1. The first-order valence-electron chi connectivity index (χ1n) is 6.61. The number of carbonyl (C=O) groups is 1. The number of hydrazone groups is 1. The van der Waals surface area contributed by atoms with Gasteiger partial charge in [0.25, 0.3) is 5.91 Å². The lowest BCUT2D eigenvalue weighted by molar-refractivity contribution is -0.123. The molecule has 1 amide bonds. The molecule has 19 heavy (non-hydrogen) atoms. The van der Waals surface area contributed by atoms with Crippen molar-refractivity contribution in [2.45, 2.75) is 40.5 Å². The van der Waals surface area contributed by atoms with Gasteiger partial charge in [-0.3, -0.25) is 4.79 Å². The Balaban J connectivity index is 2.53. The molecule has 0 unspecified atom stereocenters. The predicted molar refractivity (Wildman–Crippen MR) is 77.6 cm³/mol. The zero-order chi connectivity index (χ0) is 14.3. The molecule has 0 spiro atoms. The van der Waals surface area contributed by atoms with Crippen molar-refractivity contribution in [3.8, 4) is 5.75 Å². The highest BCUT2D eigenvalue weighted by Crippen LogP contribution is 2.21. The molecule has 1 aromatic rings. The molecule has 0 aliphatic carbocycles. The molecule has 1 aromatic carbocycles. The summed E-state index contributed by atoms with van der Waals surface area (Å²) in [5, 5.41) is 4.05. The van der Waals surface area contributed by atoms with E-state index in [0.29, 0.717) is 0 Å². The van der Waals surface area contributed by atoms with Crippen molar-refractivity contribution in [2.75, 3.05) is 6.61 Å². The molecule has 0 atom stereocenters. The Hall–Kier alpha value is -1.84. The number of nitrogens with zero attached hydrogens (tertiary/aromatic N) is 1. The molecule has 0 saturated heterocycles. The first-order chi connectivity index (χ1) is 9.08. The molecular weight excluding hydrogens is 240 g/mol. The summed E-state index contributed by atoms with van der Waals surface area (Å²) >= 11 is 0. The van der Waals surface area contributed by atoms with Gasteiger partial charge in [-0.1, -0.05) is 32.0 Å². The number of aryl methyl sites for hydroxylation is 2. The Kier molecular flexibility index (Phi) is 6.06. The van der Waals surface area contributed by atoms with Gasteiger partial charge in [-0.25, -0.2) is 5.43 Å². The van der Waals surface area contributed by atoms with Crippen molar-refractivity contribution < 1.29 is 9.53 Å². The van der Waals surface area contributed by atoms with E-state index in [0.717, 1.165) is 35.4 Å². The molecule has 0 heterocycles. The molecule has 1 rings (SSSR count). The topological polar surface area (TPSA) is 50.7 Å². The van der Waals surface area contributed by atoms with Crippen LogP contribution in [0.3, 0.4) is 0 Å². The van der Waals surface area contributed by atoms with E-state index in [9.17, 15) is 4.79 Å². The molecule has 0 radical (unpaired) electrons. The van der Waals surface area contributed by atoms with Crippen LogP contribution in [0, 0.1) is 13.8 Å². The monoisotopic (exact) mass is 262 g/mol. The fourth-order valence-corrected chi connectivity index (χ4v) is 1.75. The van der Waals surface area contributed by atoms with Gasteiger partial charge >= 0.3 is 0 Å². The number of rotatable bonds is 6. The average Bonchev–Trinajstić information content (AvgIpc) is 2.39. The molecule has 0 fully saturated rings. The second-order valence-corrected chi connectivity index (χ2v) is 4.43. The third-order valence-corrected chi connectivity index (χ3v) is 2.91. The fourth-order valence-electron chi connectivity index (χ4n) is 1.75. The van der Waals surface area contributed by atoms with Gasteiger partial charge in [-0.2, -0.15) is 5.10 Å². The van der Waals surface area contributed by atoms with Crippen LogP contribution in [0.2, 0.25) is 0 Å². The standard InChI is InChI=1S/C15H22N2O2/c1-5-13(6-2)16-17-14(18)10-19-15-11(3)8-7-9-12(15)4/h7-9H,5-6,10H2,1-4H3,(H,17,18). The van der Waals surface area contributed by atoms with E-state index in [1.807, 2.05) is 45.9 Å². The number of hydrogen-bond acceptors (Lipinski definition) is 3. The van der Waals surface area contributed by atoms with Gasteiger partial charge < -0.3 is 4.74 Å². The van der Waals surface area contributed by atoms with Gasteiger partial charge in [-0.05, 0) is 37.8 Å². The molecule has 0 saturated carbocycles. The summed E-state index contributed by atoms with van der Waals surface area (Å²) < 4.78 is 5.55. The zero-order valence-corrected chi connectivity index (χ0v) is 12.1. The van der Waals surface area contributed by atoms with E-state index < -0.39 is 0 Å². The van der Waals surface area contributed by atoms with Gasteiger partial charge in [0, 0.05) is 5.71 Å². The minimum absolute atomic E-state index is 0.0180. The molecule has 0 aromatic heterocycles. The maximum atomic E-state index is 11.6. The molecule has 0 aliphatic heterocycles. The van der Waals surface area contributed by atoms with Crippen LogP contribution in [0.25, 0.3) is 0 Å². The molecule has 1 N–H and O–H groups in total. The van der Waals surface area contributed by atoms with E-state index in [1.165, 1.54) is 0 Å². The predicted octanol–water partition coefficient (Wildman–Crippen LogP) is 2.97. The van der Waals surface area contributed by atoms with Crippen LogP contribution in [-0.2, 0) is 4.79 Å². The third kappa shape index (κ3) is 4.73. The highest BCUT2D eigenvalue weighted by molar-refractivity contribution is 5.86. The lowest BCUT2D eigenvalue weighted by Crippen LogP contribution is -2.26. The van der Waals surface area contributed by atoms with Gasteiger partial charge in [-0.15, -0.1) is 0 Å². The number of ether oxygens (including phenoxy) is 1. The number of nitrogens with one attached hydrogen (secondary N) is 1. The molecular formula is C15H22N2O2. The second kappa shape index (κ2) is 7.56. The lowest BCUT2D eigenvalue weighted by atomic mass is 10.1. The van der Waals surface area contributed by atoms with Crippen LogP contribution in [-0.4, -0.2) is 18.2 Å². The summed E-state index contributed by atoms with van der Waals surface area (Å²) in [6, 6.07) is 5.89. The maximum absolute atomic E-state index is 11.6. The molecule has 4 heteroatoms. The molecule has 104 valence electrons. The van der Waals surface area contributed by atoms with Crippen molar-refractivity contribution in [1.29, 1.82) is 0 Å². The van der Waals surface area contributed by atoms with Gasteiger partial charge in [0.15, 0.2) is 6.61 Å². The number of para-hydroxylation sites is 1. The van der Waals surface area contributed by atoms with E-state index in [2.05, 4.69) is 10.5 Å². The summed E-state index contributed by atoms with van der Waals surface area (Å²) in [6.45, 7) is 7.94. The fraction of sp³-hybridized carbons (Fsp3) is 0.467. The van der Waals surface area contributed by atoms with Crippen LogP contribution in [0.4, 0.5) is 0 Å². The zero-order valence-electron chi connectivity index (χ0n) is 12.1. The van der Waals surface area contributed by atoms with Gasteiger partial charge in [0.1, 0.15) is 5.75 Å². The van der Waals surface area contributed by atoms with Crippen molar-refractivity contribution in [1.82, 2.24) is 5.43 Å². The normalized spacial score (nSPS) is 9.89. The van der Waals surface area contributed by atoms with E-state index in [1.54, 1.807) is 0 Å². The Bertz CT molecular complexity index is 441. The van der Waals surface area contributed by atoms with Crippen molar-refractivity contribution in [2.24, 2.45) is 5.10 Å². The van der Waals surface area contributed by atoms with Crippen molar-refractivity contribution in [3.05, 3.63) is 29.3 Å². The van der Waals surface area contributed by atoms with Crippen LogP contribution >= 0.6 is 0 Å². The largest absolute Gasteiger partial charge is 0.483 e. The Morgan fingerprint density at radius 3 is 2.32 bits per heavy atom. The summed E-state index contributed by atoms with van der Waals surface area (Å²) in [5.41, 5.74) is 5.54. The number of amides is 1. The second-order valence-electron chi connectivity index (χ2n) is 4.43. The summed E-state index contributed by atoms with van der Waals surface area (Å²) in [6.07, 6.45) is 1.68. The van der Waals surface area contributed by atoms with Crippen molar-refractivity contribution in [3.63, 3.8) is 0 Å². The SMILES string of the molecule is CCC(CC)=NNC(=O)COc1c(C)cccc1C. The molecule has 0 bridgehead atoms. The minimum atomic E-state index is -0.234. The van der Waals surface area contributed by atoms with Gasteiger partial charge in [0.2, 0.25) is 0 Å². The van der Waals surface area contributed by atoms with Crippen LogP contribution < -0.4 is 10.2 Å². The first kappa shape index (κ1) is 15.2. The Morgan fingerprint density at radius 2 is 1.79 bits per heavy atom. The highest BCUT2D eigenvalue weighted by Gasteiger charge is 2.06. The van der Waals surface area contributed by atoms with Crippen LogP contribution in [0.15, 0.2) is 23.3 Å². The highest BCUT2D eigenvalue weighted by atomic mass is 16.5. The summed E-state index contributed by atoms with van der Waals surface area (Å²) in [5.74, 6) is 0.537. The first-order valence-corrected chi connectivity index (χ1v) is 6.61. The third-order valence-electron chi connectivity index (χ3n) is 2.91. The van der Waals surface area contributed by atoms with Crippen molar-refractivity contribution >= 4 is 11.6 Å². The summed E-state index contributed by atoms with van der Waals surface area (Å²) in [4.78, 5) is 11.6. The number of carbonyl (C=O) groups excluding carboxylic acids is 1. The molecule has 0 aliphatic rings. The van der Waals surface area contributed by atoms with Crippen LogP contribution in [0.1, 0.15) is 37.8 Å². The Labute approximate surface area is 114 Å². The minimum Gasteiger partial charge on any atom is -0.483 e. The van der Waals surface area contributed by atoms with E-state index in [-0.39, 0.29) is 12.5 Å².